The molecule has 4 N–H and O–H groups in total. The van der Waals surface area contributed by atoms with E-state index >= 15 is 0 Å². The molecule has 1 unspecified atom stereocenters. The monoisotopic (exact) mass is 276 g/mol. The van der Waals surface area contributed by atoms with Crippen molar-refractivity contribution in [1.82, 2.24) is 9.13 Å². The number of benzene rings is 1. The molecule has 0 aliphatic rings. The molecule has 7 nitrogen and oxygen atoms in total. The van der Waals surface area contributed by atoms with E-state index in [4.69, 9.17) is 11.5 Å². The third-order valence-corrected chi connectivity index (χ3v) is 3.31. The zero-order chi connectivity index (χ0) is 14.9. The number of hydrogen-bond donors (Lipinski definition) is 2. The fraction of sp³-hybridized carbons (Fsp3) is 0.308. The molecule has 2 aromatic rings. The molecule has 1 aromatic heterocycles. The van der Waals surface area contributed by atoms with Gasteiger partial charge in [-0.15, -0.1) is 0 Å². The van der Waals surface area contributed by atoms with Crippen LogP contribution in [0.5, 0.6) is 0 Å². The van der Waals surface area contributed by atoms with E-state index < -0.39 is 11.9 Å². The number of primary amides is 1. The van der Waals surface area contributed by atoms with Crippen LogP contribution in [0.2, 0.25) is 0 Å². The maximum absolute atomic E-state index is 12.3. The lowest BCUT2D eigenvalue weighted by Gasteiger charge is -2.11. The van der Waals surface area contributed by atoms with Gasteiger partial charge in [-0.1, -0.05) is 6.07 Å². The first kappa shape index (κ1) is 13.9. The summed E-state index contributed by atoms with van der Waals surface area (Å²) >= 11 is 0. The third kappa shape index (κ3) is 2.18. The lowest BCUT2D eigenvalue weighted by atomic mass is 10.1. The van der Waals surface area contributed by atoms with E-state index in [2.05, 4.69) is 0 Å². The molecule has 1 heterocycles. The third-order valence-electron chi connectivity index (χ3n) is 3.31. The minimum absolute atomic E-state index is 0.0363. The van der Waals surface area contributed by atoms with Crippen molar-refractivity contribution in [2.45, 2.75) is 18.9 Å². The van der Waals surface area contributed by atoms with Crippen LogP contribution >= 0.6 is 0 Å². The van der Waals surface area contributed by atoms with Gasteiger partial charge in [0.05, 0.1) is 22.8 Å². The van der Waals surface area contributed by atoms with Crippen LogP contribution in [-0.2, 0) is 16.6 Å². The Morgan fingerprint density at radius 2 is 2.15 bits per heavy atom. The average Bonchev–Trinajstić information content (AvgIpc) is 2.65. The van der Waals surface area contributed by atoms with Crippen LogP contribution < -0.4 is 17.2 Å². The van der Waals surface area contributed by atoms with Crippen LogP contribution in [0.4, 0.5) is 5.69 Å². The summed E-state index contributed by atoms with van der Waals surface area (Å²) in [5, 5.41) is 0. The zero-order valence-electron chi connectivity index (χ0n) is 11.1. The molecule has 0 spiro atoms. The second-order valence-corrected chi connectivity index (χ2v) is 4.63. The predicted molar refractivity (Wildman–Crippen MR) is 75.1 cm³/mol. The number of nitrogen functional groups attached to an aromatic ring is 1. The van der Waals surface area contributed by atoms with Crippen molar-refractivity contribution in [2.24, 2.45) is 12.8 Å². The molecule has 0 bridgehead atoms. The molecule has 0 aliphatic carbocycles. The van der Waals surface area contributed by atoms with E-state index in [1.54, 1.807) is 25.2 Å². The second kappa shape index (κ2) is 5.20. The number of imidazole rings is 1. The summed E-state index contributed by atoms with van der Waals surface area (Å²) in [5.74, 6) is -0.510. The molecule has 106 valence electrons. The fourth-order valence-corrected chi connectivity index (χ4v) is 2.34. The number of para-hydroxylation sites is 1. The lowest BCUT2D eigenvalue weighted by Crippen LogP contribution is -2.27. The van der Waals surface area contributed by atoms with Crippen LogP contribution in [0.1, 0.15) is 18.9 Å². The molecule has 0 fully saturated rings. The molecule has 0 saturated heterocycles. The number of fused-ring (bicyclic) bond motifs is 1. The van der Waals surface area contributed by atoms with E-state index in [1.165, 1.54) is 9.13 Å². The summed E-state index contributed by atoms with van der Waals surface area (Å²) in [5.41, 5.74) is 12.2. The van der Waals surface area contributed by atoms with Gasteiger partial charge >= 0.3 is 5.69 Å². The molecule has 0 radical (unpaired) electrons. The highest BCUT2D eigenvalue weighted by molar-refractivity contribution is 5.88. The van der Waals surface area contributed by atoms with Crippen molar-refractivity contribution in [3.8, 4) is 0 Å². The Balaban J connectivity index is 2.61. The van der Waals surface area contributed by atoms with E-state index in [9.17, 15) is 14.4 Å². The summed E-state index contributed by atoms with van der Waals surface area (Å²) in [6.07, 6.45) is 0.869. The number of rotatable bonds is 5. The molecule has 0 saturated carbocycles. The van der Waals surface area contributed by atoms with Gasteiger partial charge in [0.25, 0.3) is 0 Å². The Labute approximate surface area is 114 Å². The van der Waals surface area contributed by atoms with Crippen molar-refractivity contribution in [3.63, 3.8) is 0 Å². The summed E-state index contributed by atoms with van der Waals surface area (Å²) < 4.78 is 2.74. The Kier molecular flexibility index (Phi) is 3.60. The summed E-state index contributed by atoms with van der Waals surface area (Å²) in [4.78, 5) is 34.4. The predicted octanol–water partition coefficient (Wildman–Crippen LogP) is -0.0723. The summed E-state index contributed by atoms with van der Waals surface area (Å²) in [6.45, 7) is 0. The Hall–Kier alpha value is -2.57. The molecule has 2 rings (SSSR count). The number of nitrogens with zero attached hydrogens (tertiary/aromatic N) is 2. The number of aldehydes is 1. The fourth-order valence-electron chi connectivity index (χ4n) is 2.34. The van der Waals surface area contributed by atoms with Gasteiger partial charge < -0.3 is 16.3 Å². The van der Waals surface area contributed by atoms with Gasteiger partial charge in [-0.05, 0) is 18.6 Å². The van der Waals surface area contributed by atoms with Gasteiger partial charge in [-0.3, -0.25) is 13.9 Å². The maximum atomic E-state index is 12.3. The van der Waals surface area contributed by atoms with Crippen LogP contribution in [0.3, 0.4) is 0 Å². The van der Waals surface area contributed by atoms with Gasteiger partial charge in [0.2, 0.25) is 5.91 Å². The molecule has 20 heavy (non-hydrogen) atoms. The number of carbonyl (C=O) groups is 2. The normalized spacial score (nSPS) is 12.4. The van der Waals surface area contributed by atoms with Crippen LogP contribution in [0, 0.1) is 0 Å². The van der Waals surface area contributed by atoms with Crippen molar-refractivity contribution in [1.29, 1.82) is 0 Å². The maximum Gasteiger partial charge on any atom is 0.329 e. The van der Waals surface area contributed by atoms with E-state index in [1.807, 2.05) is 0 Å². The van der Waals surface area contributed by atoms with Crippen LogP contribution in [0.15, 0.2) is 23.0 Å². The van der Waals surface area contributed by atoms with Crippen molar-refractivity contribution < 1.29 is 9.59 Å². The lowest BCUT2D eigenvalue weighted by molar-refractivity contribution is -0.118. The quantitative estimate of drug-likeness (QED) is 0.587. The number of aromatic nitrogens is 2. The average molecular weight is 276 g/mol. The smallest absolute Gasteiger partial charge is 0.329 e. The Morgan fingerprint density at radius 3 is 2.75 bits per heavy atom. The number of aryl methyl sites for hydroxylation is 1. The molecular formula is C13H16N4O3. The highest BCUT2D eigenvalue weighted by atomic mass is 16.2. The molecular weight excluding hydrogens is 260 g/mol. The Morgan fingerprint density at radius 1 is 1.45 bits per heavy atom. The van der Waals surface area contributed by atoms with Gasteiger partial charge in [0.15, 0.2) is 0 Å². The summed E-state index contributed by atoms with van der Waals surface area (Å²) in [7, 11) is 1.59. The first-order chi connectivity index (χ1) is 9.47. The molecule has 1 amide bonds. The summed E-state index contributed by atoms with van der Waals surface area (Å²) in [6, 6.07) is 4.38. The molecule has 0 aliphatic heterocycles. The van der Waals surface area contributed by atoms with Gasteiger partial charge in [0.1, 0.15) is 6.29 Å². The van der Waals surface area contributed by atoms with Crippen molar-refractivity contribution in [2.75, 3.05) is 5.73 Å². The number of anilines is 1. The Bertz CT molecular complexity index is 729. The molecule has 7 heteroatoms. The first-order valence-corrected chi connectivity index (χ1v) is 6.16. The highest BCUT2D eigenvalue weighted by Gasteiger charge is 2.20. The zero-order valence-corrected chi connectivity index (χ0v) is 11.1. The topological polar surface area (TPSA) is 113 Å². The van der Waals surface area contributed by atoms with Crippen molar-refractivity contribution >= 4 is 28.9 Å². The van der Waals surface area contributed by atoms with Crippen LogP contribution in [0.25, 0.3) is 11.0 Å². The minimum Gasteiger partial charge on any atom is -0.397 e. The van der Waals surface area contributed by atoms with Crippen LogP contribution in [-0.4, -0.2) is 21.3 Å². The number of nitrogens with two attached hydrogens (primary N) is 2. The largest absolute Gasteiger partial charge is 0.397 e. The van der Waals surface area contributed by atoms with Gasteiger partial charge in [0, 0.05) is 13.5 Å². The van der Waals surface area contributed by atoms with E-state index in [-0.39, 0.29) is 18.5 Å². The SMILES string of the molecule is Cn1c(=O)n(C(C=O)CCC(N)=O)c2cccc(N)c21. The highest BCUT2D eigenvalue weighted by Crippen LogP contribution is 2.23. The number of carbonyl (C=O) groups excluding carboxylic acids is 2. The molecule has 1 atom stereocenters. The molecule has 1 aromatic carbocycles. The standard InChI is InChI=1S/C13H16N4O3/c1-16-12-9(14)3-2-4-10(12)17(13(16)20)8(7-18)5-6-11(15)19/h2-4,7-8H,5-6,14H2,1H3,(H2,15,19). The first-order valence-electron chi connectivity index (χ1n) is 6.16. The van der Waals surface area contributed by atoms with E-state index in [0.717, 1.165) is 0 Å². The number of hydrogen-bond acceptors (Lipinski definition) is 4. The van der Waals surface area contributed by atoms with Crippen molar-refractivity contribution in [3.05, 3.63) is 28.7 Å². The minimum atomic E-state index is -0.736. The van der Waals surface area contributed by atoms with Gasteiger partial charge in [-0.25, -0.2) is 4.79 Å². The van der Waals surface area contributed by atoms with Gasteiger partial charge in [-0.2, -0.15) is 0 Å². The van der Waals surface area contributed by atoms with E-state index in [0.29, 0.717) is 23.0 Å². The number of amides is 1. The second-order valence-electron chi connectivity index (χ2n) is 4.63.